The predicted molar refractivity (Wildman–Crippen MR) is 108 cm³/mol. The maximum atomic E-state index is 12.7. The second-order valence-electron chi connectivity index (χ2n) is 7.36. The fourth-order valence-corrected chi connectivity index (χ4v) is 3.73. The van der Waals surface area contributed by atoms with Crippen LogP contribution < -0.4 is 0 Å². The van der Waals surface area contributed by atoms with Gasteiger partial charge in [-0.1, -0.05) is 23.8 Å². The predicted octanol–water partition coefficient (Wildman–Crippen LogP) is 4.75. The van der Waals surface area contributed by atoms with E-state index in [4.69, 9.17) is 0 Å². The van der Waals surface area contributed by atoms with Gasteiger partial charge >= 0.3 is 0 Å². The molecule has 0 unspecified atom stereocenters. The Labute approximate surface area is 161 Å². The van der Waals surface area contributed by atoms with Gasteiger partial charge < -0.3 is 0 Å². The lowest BCUT2D eigenvalue weighted by atomic mass is 9.85. The molecule has 0 aliphatic carbocycles. The summed E-state index contributed by atoms with van der Waals surface area (Å²) >= 11 is 0. The highest BCUT2D eigenvalue weighted by Gasteiger charge is 2.17. The molecule has 0 amide bonds. The summed E-state index contributed by atoms with van der Waals surface area (Å²) in [6.45, 7) is 10.7. The minimum atomic E-state index is 0.194. The van der Waals surface area contributed by atoms with Gasteiger partial charge in [0.1, 0.15) is 12.2 Å². The molecule has 0 atom stereocenters. The van der Waals surface area contributed by atoms with Crippen molar-refractivity contribution >= 4 is 5.78 Å². The molecule has 1 heterocycles. The van der Waals surface area contributed by atoms with Gasteiger partial charge in [0.15, 0.2) is 5.78 Å². The highest BCUT2D eigenvalue weighted by Crippen LogP contribution is 2.29. The quantitative estimate of drug-likeness (QED) is 0.644. The Hall–Kier alpha value is -2.75. The van der Waals surface area contributed by atoms with E-state index < -0.39 is 0 Å². The van der Waals surface area contributed by atoms with E-state index in [2.05, 4.69) is 42.9 Å². The molecule has 0 aliphatic heterocycles. The molecule has 0 aliphatic rings. The molecule has 140 valence electrons. The molecule has 2 aromatic carbocycles. The van der Waals surface area contributed by atoms with Crippen molar-refractivity contribution < 1.29 is 4.79 Å². The van der Waals surface area contributed by atoms with Gasteiger partial charge in [-0.15, -0.1) is 0 Å². The van der Waals surface area contributed by atoms with Crippen molar-refractivity contribution in [2.24, 2.45) is 0 Å². The molecule has 0 saturated heterocycles. The van der Waals surface area contributed by atoms with Crippen molar-refractivity contribution in [1.29, 1.82) is 0 Å². The molecule has 1 N–H and O–H groups in total. The number of aromatic nitrogens is 3. The van der Waals surface area contributed by atoms with Gasteiger partial charge in [-0.3, -0.25) is 9.89 Å². The SMILES string of the molecule is Cc1cccc(C(=O)CCc2c(C)c(C)c(C)c(C)c2Cc2ncn[nH]2)c1. The third kappa shape index (κ3) is 4.00. The standard InChI is InChI=1S/C23H27N3O/c1-14-7-6-8-19(11-14)22(27)10-9-20-17(4)15(2)16(3)18(5)21(20)12-23-24-13-25-26-23/h6-8,11,13H,9-10,12H2,1-5H3,(H,24,25,26). The number of hydrogen-bond donors (Lipinski definition) is 1. The third-order valence-electron chi connectivity index (χ3n) is 5.71. The minimum absolute atomic E-state index is 0.194. The molecule has 0 spiro atoms. The molecule has 4 nitrogen and oxygen atoms in total. The van der Waals surface area contributed by atoms with Crippen molar-refractivity contribution in [2.75, 3.05) is 0 Å². The first-order chi connectivity index (χ1) is 12.9. The zero-order valence-corrected chi connectivity index (χ0v) is 16.8. The van der Waals surface area contributed by atoms with Crippen LogP contribution in [0.25, 0.3) is 0 Å². The van der Waals surface area contributed by atoms with Gasteiger partial charge in [0, 0.05) is 18.4 Å². The lowest BCUT2D eigenvalue weighted by Crippen LogP contribution is -2.10. The average molecular weight is 361 g/mol. The molecule has 0 saturated carbocycles. The normalized spacial score (nSPS) is 11.0. The number of carbonyl (C=O) groups excluding carboxylic acids is 1. The van der Waals surface area contributed by atoms with Crippen LogP contribution in [0.2, 0.25) is 0 Å². The van der Waals surface area contributed by atoms with Gasteiger partial charge in [-0.2, -0.15) is 5.10 Å². The Bertz CT molecular complexity index is 972. The number of aryl methyl sites for hydroxylation is 1. The Kier molecular flexibility index (Phi) is 5.54. The number of Topliss-reactive ketones (excluding diaryl/α,β-unsaturated/α-hetero) is 1. The van der Waals surface area contributed by atoms with E-state index in [0.29, 0.717) is 12.8 Å². The summed E-state index contributed by atoms with van der Waals surface area (Å²) in [6.07, 6.45) is 3.50. The van der Waals surface area contributed by atoms with Crippen LogP contribution in [0.5, 0.6) is 0 Å². The molecule has 4 heteroatoms. The Morgan fingerprint density at radius 2 is 1.67 bits per heavy atom. The maximum absolute atomic E-state index is 12.7. The second kappa shape index (κ2) is 7.87. The lowest BCUT2D eigenvalue weighted by Gasteiger charge is -2.20. The van der Waals surface area contributed by atoms with Crippen LogP contribution in [0.4, 0.5) is 0 Å². The van der Waals surface area contributed by atoms with E-state index in [-0.39, 0.29) is 5.78 Å². The zero-order chi connectivity index (χ0) is 19.6. The highest BCUT2D eigenvalue weighted by atomic mass is 16.1. The fraction of sp³-hybridized carbons (Fsp3) is 0.348. The minimum Gasteiger partial charge on any atom is -0.294 e. The monoisotopic (exact) mass is 361 g/mol. The van der Waals surface area contributed by atoms with Crippen LogP contribution in [0.1, 0.15) is 61.5 Å². The largest absolute Gasteiger partial charge is 0.294 e. The summed E-state index contributed by atoms with van der Waals surface area (Å²) in [5.41, 5.74) is 9.65. The van der Waals surface area contributed by atoms with Gasteiger partial charge in [0.25, 0.3) is 0 Å². The van der Waals surface area contributed by atoms with Crippen LogP contribution in [0.15, 0.2) is 30.6 Å². The summed E-state index contributed by atoms with van der Waals surface area (Å²) < 4.78 is 0. The van der Waals surface area contributed by atoms with Gasteiger partial charge in [0.05, 0.1) is 0 Å². The molecule has 3 rings (SSSR count). The summed E-state index contributed by atoms with van der Waals surface area (Å²) in [5.74, 6) is 1.05. The van der Waals surface area contributed by atoms with E-state index in [1.807, 2.05) is 31.2 Å². The molecule has 0 radical (unpaired) electrons. The van der Waals surface area contributed by atoms with Gasteiger partial charge in [-0.05, 0) is 80.5 Å². The van der Waals surface area contributed by atoms with Gasteiger partial charge in [0.2, 0.25) is 0 Å². The number of carbonyl (C=O) groups is 1. The molecule has 0 fully saturated rings. The second-order valence-corrected chi connectivity index (χ2v) is 7.36. The van der Waals surface area contributed by atoms with Crippen LogP contribution in [-0.2, 0) is 12.8 Å². The zero-order valence-electron chi connectivity index (χ0n) is 16.8. The van der Waals surface area contributed by atoms with Crippen LogP contribution >= 0.6 is 0 Å². The smallest absolute Gasteiger partial charge is 0.163 e. The van der Waals surface area contributed by atoms with Crippen LogP contribution in [-0.4, -0.2) is 21.0 Å². The number of benzene rings is 2. The number of rotatable bonds is 6. The number of nitrogens with zero attached hydrogens (tertiary/aromatic N) is 2. The number of ketones is 1. The van der Waals surface area contributed by atoms with E-state index in [1.165, 1.54) is 33.4 Å². The van der Waals surface area contributed by atoms with Crippen molar-refractivity contribution in [2.45, 2.75) is 53.9 Å². The lowest BCUT2D eigenvalue weighted by molar-refractivity contribution is 0.0982. The summed E-state index contributed by atoms with van der Waals surface area (Å²) in [6, 6.07) is 7.84. The molecular formula is C23H27N3O. The van der Waals surface area contributed by atoms with E-state index in [9.17, 15) is 4.79 Å². The highest BCUT2D eigenvalue weighted by molar-refractivity contribution is 5.96. The molecule has 3 aromatic rings. The van der Waals surface area contributed by atoms with Crippen molar-refractivity contribution in [3.8, 4) is 0 Å². The third-order valence-corrected chi connectivity index (χ3v) is 5.71. The van der Waals surface area contributed by atoms with E-state index in [0.717, 1.165) is 23.4 Å². The van der Waals surface area contributed by atoms with Crippen LogP contribution in [0.3, 0.4) is 0 Å². The van der Waals surface area contributed by atoms with E-state index >= 15 is 0 Å². The Morgan fingerprint density at radius 3 is 2.30 bits per heavy atom. The molecule has 0 bridgehead atoms. The van der Waals surface area contributed by atoms with Crippen LogP contribution in [0, 0.1) is 34.6 Å². The summed E-state index contributed by atoms with van der Waals surface area (Å²) in [4.78, 5) is 17.0. The summed E-state index contributed by atoms with van der Waals surface area (Å²) in [5, 5.41) is 6.93. The van der Waals surface area contributed by atoms with Crippen molar-refractivity contribution in [3.05, 3.63) is 80.9 Å². The maximum Gasteiger partial charge on any atom is 0.163 e. The Balaban J connectivity index is 1.92. The topological polar surface area (TPSA) is 58.6 Å². The number of hydrogen-bond acceptors (Lipinski definition) is 3. The number of H-pyrrole nitrogens is 1. The molecule has 1 aromatic heterocycles. The first kappa shape index (κ1) is 19.0. The first-order valence-electron chi connectivity index (χ1n) is 9.40. The van der Waals surface area contributed by atoms with Gasteiger partial charge in [-0.25, -0.2) is 4.98 Å². The molecule has 27 heavy (non-hydrogen) atoms. The van der Waals surface area contributed by atoms with E-state index in [1.54, 1.807) is 6.33 Å². The first-order valence-corrected chi connectivity index (χ1v) is 9.40. The number of aromatic amines is 1. The van der Waals surface area contributed by atoms with Crippen molar-refractivity contribution in [1.82, 2.24) is 15.2 Å². The molecular weight excluding hydrogens is 334 g/mol. The average Bonchev–Trinajstić information content (AvgIpc) is 3.17. The fourth-order valence-electron chi connectivity index (χ4n) is 3.73. The number of nitrogens with one attached hydrogen (secondary N) is 1. The van der Waals surface area contributed by atoms with Crippen molar-refractivity contribution in [3.63, 3.8) is 0 Å². The summed E-state index contributed by atoms with van der Waals surface area (Å²) in [7, 11) is 0. The Morgan fingerprint density at radius 1 is 0.963 bits per heavy atom.